The molecule has 162 valence electrons. The molecule has 0 bridgehead atoms. The average Bonchev–Trinajstić information content (AvgIpc) is 2.69. The Morgan fingerprint density at radius 3 is 2.62 bits per heavy atom. The van der Waals surface area contributed by atoms with Crippen LogP contribution in [0.1, 0.15) is 19.3 Å². The Labute approximate surface area is 183 Å². The predicted octanol–water partition coefficient (Wildman–Crippen LogP) is 2.01. The Balaban J connectivity index is 0.00000150. The van der Waals surface area contributed by atoms with E-state index < -0.39 is 0 Å². The Hall–Kier alpha value is -1.74. The van der Waals surface area contributed by atoms with Gasteiger partial charge in [-0.15, -0.1) is 24.8 Å². The topological polar surface area (TPSA) is 106 Å². The van der Waals surface area contributed by atoms with E-state index >= 15 is 0 Å². The van der Waals surface area contributed by atoms with E-state index in [-0.39, 0.29) is 36.3 Å². The molecule has 2 aliphatic heterocycles. The van der Waals surface area contributed by atoms with Gasteiger partial charge in [-0.05, 0) is 31.9 Å². The van der Waals surface area contributed by atoms with E-state index in [4.69, 9.17) is 20.2 Å². The first-order chi connectivity index (χ1) is 13.1. The molecule has 2 aromatic rings. The van der Waals surface area contributed by atoms with Crippen molar-refractivity contribution in [3.05, 3.63) is 12.1 Å². The highest BCUT2D eigenvalue weighted by Gasteiger charge is 2.43. The lowest BCUT2D eigenvalue weighted by molar-refractivity contribution is -0.0103. The number of halogens is 2. The van der Waals surface area contributed by atoms with Crippen LogP contribution in [-0.4, -0.2) is 61.6 Å². The lowest BCUT2D eigenvalue weighted by Gasteiger charge is -2.48. The normalized spacial score (nSPS) is 24.0. The number of nitrogens with zero attached hydrogens (tertiary/aromatic N) is 3. The fourth-order valence-corrected chi connectivity index (χ4v) is 4.36. The number of piperidine rings is 2. The molecule has 0 amide bonds. The smallest absolute Gasteiger partial charge is 0.227 e. The van der Waals surface area contributed by atoms with E-state index in [0.29, 0.717) is 23.3 Å². The molecular weight excluding hydrogens is 417 g/mol. The van der Waals surface area contributed by atoms with Crippen LogP contribution in [0.2, 0.25) is 0 Å². The van der Waals surface area contributed by atoms with Crippen molar-refractivity contribution in [2.24, 2.45) is 5.41 Å². The van der Waals surface area contributed by atoms with Crippen molar-refractivity contribution >= 4 is 47.5 Å². The minimum Gasteiger partial charge on any atom is -0.493 e. The number of anilines is 2. The molecule has 0 radical (unpaired) electrons. The predicted molar refractivity (Wildman–Crippen MR) is 119 cm³/mol. The lowest BCUT2D eigenvalue weighted by atomic mass is 9.72. The SMILES string of the molecule is COc1cc2nc(N3CCC[C@]4(CNCC[C@@H]4O)C3)nc(N)c2cc1OC.Cl.Cl. The number of methoxy groups -OCH3 is 2. The molecule has 0 unspecified atom stereocenters. The Morgan fingerprint density at radius 2 is 1.93 bits per heavy atom. The Kier molecular flexibility index (Phi) is 7.62. The molecule has 2 aliphatic rings. The molecule has 4 N–H and O–H groups in total. The van der Waals surface area contributed by atoms with E-state index in [2.05, 4.69) is 15.2 Å². The van der Waals surface area contributed by atoms with Crippen molar-refractivity contribution in [3.8, 4) is 11.5 Å². The van der Waals surface area contributed by atoms with Crippen molar-refractivity contribution in [1.82, 2.24) is 15.3 Å². The van der Waals surface area contributed by atoms with Crippen LogP contribution in [-0.2, 0) is 0 Å². The first-order valence-electron chi connectivity index (χ1n) is 9.39. The van der Waals surface area contributed by atoms with Gasteiger partial charge in [-0.1, -0.05) is 0 Å². The van der Waals surface area contributed by atoms with Crippen molar-refractivity contribution in [2.45, 2.75) is 25.4 Å². The number of hydrogen-bond acceptors (Lipinski definition) is 8. The number of nitrogen functional groups attached to an aromatic ring is 1. The second-order valence-corrected chi connectivity index (χ2v) is 7.50. The van der Waals surface area contributed by atoms with Crippen LogP contribution < -0.4 is 25.4 Å². The van der Waals surface area contributed by atoms with Crippen LogP contribution in [0.4, 0.5) is 11.8 Å². The number of ether oxygens (including phenoxy) is 2. The summed E-state index contributed by atoms with van der Waals surface area (Å²) < 4.78 is 10.7. The molecule has 8 nitrogen and oxygen atoms in total. The summed E-state index contributed by atoms with van der Waals surface area (Å²) in [7, 11) is 3.19. The van der Waals surface area contributed by atoms with Crippen molar-refractivity contribution in [2.75, 3.05) is 51.0 Å². The first-order valence-corrected chi connectivity index (χ1v) is 9.39. The highest BCUT2D eigenvalue weighted by molar-refractivity contribution is 5.91. The molecule has 4 rings (SSSR count). The molecule has 1 spiro atoms. The Bertz CT molecular complexity index is 852. The van der Waals surface area contributed by atoms with Crippen LogP contribution in [0.3, 0.4) is 0 Å². The minimum absolute atomic E-state index is 0. The summed E-state index contributed by atoms with van der Waals surface area (Å²) in [4.78, 5) is 11.4. The summed E-state index contributed by atoms with van der Waals surface area (Å²) in [6.45, 7) is 3.26. The molecular formula is C19H29Cl2N5O3. The number of nitrogens with two attached hydrogens (primary N) is 1. The van der Waals surface area contributed by atoms with Crippen LogP contribution in [0, 0.1) is 5.41 Å². The Morgan fingerprint density at radius 1 is 1.21 bits per heavy atom. The zero-order valence-corrected chi connectivity index (χ0v) is 18.3. The molecule has 1 aromatic carbocycles. The fraction of sp³-hybridized carbons (Fsp3) is 0.579. The van der Waals surface area contributed by atoms with Gasteiger partial charge in [0, 0.05) is 36.5 Å². The van der Waals surface area contributed by atoms with Gasteiger partial charge in [0.15, 0.2) is 11.5 Å². The molecule has 2 atom stereocenters. The molecule has 3 heterocycles. The zero-order valence-electron chi connectivity index (χ0n) is 16.7. The van der Waals surface area contributed by atoms with Gasteiger partial charge < -0.3 is 30.5 Å². The molecule has 29 heavy (non-hydrogen) atoms. The summed E-state index contributed by atoms with van der Waals surface area (Å²) in [5.41, 5.74) is 6.81. The van der Waals surface area contributed by atoms with E-state index in [0.717, 1.165) is 56.3 Å². The molecule has 2 fully saturated rings. The number of hydrogen-bond donors (Lipinski definition) is 3. The van der Waals surface area contributed by atoms with Gasteiger partial charge in [0.25, 0.3) is 0 Å². The van der Waals surface area contributed by atoms with E-state index in [1.807, 2.05) is 6.07 Å². The van der Waals surface area contributed by atoms with E-state index in [1.54, 1.807) is 20.3 Å². The third kappa shape index (κ3) is 4.26. The lowest BCUT2D eigenvalue weighted by Crippen LogP contribution is -2.58. The van der Waals surface area contributed by atoms with Gasteiger partial charge >= 0.3 is 0 Å². The number of rotatable bonds is 3. The van der Waals surface area contributed by atoms with Gasteiger partial charge in [0.1, 0.15) is 5.82 Å². The number of benzene rings is 1. The summed E-state index contributed by atoms with van der Waals surface area (Å²) in [5.74, 6) is 2.22. The maximum Gasteiger partial charge on any atom is 0.227 e. The van der Waals surface area contributed by atoms with Crippen molar-refractivity contribution < 1.29 is 14.6 Å². The summed E-state index contributed by atoms with van der Waals surface area (Å²) in [6.07, 6.45) is 2.48. The number of aromatic nitrogens is 2. The van der Waals surface area contributed by atoms with Gasteiger partial charge in [-0.25, -0.2) is 4.98 Å². The van der Waals surface area contributed by atoms with Gasteiger partial charge in [0.2, 0.25) is 5.95 Å². The monoisotopic (exact) mass is 445 g/mol. The second-order valence-electron chi connectivity index (χ2n) is 7.50. The molecule has 1 aromatic heterocycles. The summed E-state index contributed by atoms with van der Waals surface area (Å²) in [5, 5.41) is 14.8. The number of nitrogens with one attached hydrogen (secondary N) is 1. The second kappa shape index (κ2) is 9.38. The number of aliphatic hydroxyl groups excluding tert-OH is 1. The van der Waals surface area contributed by atoms with E-state index in [9.17, 15) is 5.11 Å². The number of fused-ring (bicyclic) bond motifs is 1. The van der Waals surface area contributed by atoms with Gasteiger partial charge in [0.05, 0.1) is 25.8 Å². The molecule has 0 saturated carbocycles. The van der Waals surface area contributed by atoms with Crippen LogP contribution >= 0.6 is 24.8 Å². The average molecular weight is 446 g/mol. The largest absolute Gasteiger partial charge is 0.493 e. The van der Waals surface area contributed by atoms with Gasteiger partial charge in [-0.3, -0.25) is 0 Å². The van der Waals surface area contributed by atoms with Crippen LogP contribution in [0.25, 0.3) is 10.9 Å². The maximum atomic E-state index is 10.6. The fourth-order valence-electron chi connectivity index (χ4n) is 4.36. The van der Waals surface area contributed by atoms with Gasteiger partial charge in [-0.2, -0.15) is 4.98 Å². The molecule has 0 aliphatic carbocycles. The first kappa shape index (κ1) is 23.5. The maximum absolute atomic E-state index is 10.6. The van der Waals surface area contributed by atoms with Crippen molar-refractivity contribution in [1.29, 1.82) is 0 Å². The van der Waals surface area contributed by atoms with E-state index in [1.165, 1.54) is 0 Å². The standard InChI is InChI=1S/C19H27N5O3.2ClH/c1-26-14-8-12-13(9-15(14)27-2)22-18(23-17(12)20)24-7-3-5-19(11-24)10-21-6-4-16(19)25;;/h8-9,16,21,25H,3-7,10-11H2,1-2H3,(H2,20,22,23);2*1H/t16-,19-;;/m0../s1. The highest BCUT2D eigenvalue weighted by Crippen LogP contribution is 2.39. The highest BCUT2D eigenvalue weighted by atomic mass is 35.5. The van der Waals surface area contributed by atoms with Crippen LogP contribution in [0.15, 0.2) is 12.1 Å². The quantitative estimate of drug-likeness (QED) is 0.658. The summed E-state index contributed by atoms with van der Waals surface area (Å²) >= 11 is 0. The minimum atomic E-state index is -0.302. The molecule has 2 saturated heterocycles. The van der Waals surface area contributed by atoms with Crippen molar-refractivity contribution in [3.63, 3.8) is 0 Å². The third-order valence-electron chi connectivity index (χ3n) is 5.89. The zero-order chi connectivity index (χ0) is 19.0. The molecule has 10 heteroatoms. The van der Waals surface area contributed by atoms with Crippen LogP contribution in [0.5, 0.6) is 11.5 Å². The summed E-state index contributed by atoms with van der Waals surface area (Å²) in [6, 6.07) is 3.63. The number of aliphatic hydroxyl groups is 1. The third-order valence-corrected chi connectivity index (χ3v) is 5.89.